The number of nitrogens with one attached hydrogen (secondary N) is 2. The van der Waals surface area contributed by atoms with Crippen molar-refractivity contribution in [2.24, 2.45) is 0 Å². The fourth-order valence-electron chi connectivity index (χ4n) is 3.19. The molecule has 0 radical (unpaired) electrons. The molecule has 3 amide bonds. The molecule has 0 saturated carbocycles. The van der Waals surface area contributed by atoms with Crippen molar-refractivity contribution < 1.29 is 9.59 Å². The number of hydrogen-bond donors (Lipinski definition) is 2. The highest BCUT2D eigenvalue weighted by atomic mass is 16.2. The number of urea groups is 1. The Morgan fingerprint density at radius 1 is 1.46 bits per heavy atom. The highest BCUT2D eigenvalue weighted by molar-refractivity contribution is 5.94. The van der Waals surface area contributed by atoms with Crippen molar-refractivity contribution in [3.8, 4) is 12.3 Å². The zero-order valence-corrected chi connectivity index (χ0v) is 13.5. The van der Waals surface area contributed by atoms with E-state index in [2.05, 4.69) is 26.4 Å². The molecule has 0 bridgehead atoms. The number of anilines is 1. The zero-order chi connectivity index (χ0) is 16.9. The molecule has 0 aromatic carbocycles. The number of amides is 3. The molecule has 3 heterocycles. The number of nitrogens with zero attached hydrogens (tertiary/aromatic N) is 3. The van der Waals surface area contributed by atoms with Crippen molar-refractivity contribution in [2.75, 3.05) is 37.6 Å². The molecule has 0 aliphatic carbocycles. The van der Waals surface area contributed by atoms with Crippen LogP contribution in [0.5, 0.6) is 0 Å². The Morgan fingerprint density at radius 3 is 3.00 bits per heavy atom. The first kappa shape index (κ1) is 16.1. The van der Waals surface area contributed by atoms with Crippen LogP contribution >= 0.6 is 0 Å². The number of hydrogen-bond acceptors (Lipinski definition) is 4. The first-order chi connectivity index (χ1) is 11.7. The number of rotatable bonds is 4. The van der Waals surface area contributed by atoms with E-state index in [0.717, 1.165) is 44.8 Å². The third-order valence-electron chi connectivity index (χ3n) is 4.41. The predicted molar refractivity (Wildman–Crippen MR) is 90.7 cm³/mol. The molecule has 2 aliphatic heterocycles. The first-order valence-electron chi connectivity index (χ1n) is 8.16. The molecule has 2 fully saturated rings. The van der Waals surface area contributed by atoms with Gasteiger partial charge < -0.3 is 20.4 Å². The molecule has 3 rings (SSSR count). The van der Waals surface area contributed by atoms with Crippen molar-refractivity contribution in [3.05, 3.63) is 23.9 Å². The van der Waals surface area contributed by atoms with Gasteiger partial charge in [0.1, 0.15) is 5.82 Å². The zero-order valence-electron chi connectivity index (χ0n) is 13.5. The van der Waals surface area contributed by atoms with Crippen LogP contribution < -0.4 is 15.5 Å². The molecule has 1 aromatic heterocycles. The standard InChI is InChI=1S/C17H21N5O2/c1-2-7-18-16(23)13-5-6-15(20-11-13)21-9-3-4-14(12-21)22-10-8-19-17(22)24/h1,5-6,11,14H,3-4,7-10,12H2,(H,18,23)(H,19,24). The van der Waals surface area contributed by atoms with Crippen LogP contribution in [0.15, 0.2) is 18.3 Å². The Kier molecular flexibility index (Phi) is 4.85. The quantitative estimate of drug-likeness (QED) is 0.787. The Bertz CT molecular complexity index is 652. The van der Waals surface area contributed by atoms with Crippen molar-refractivity contribution in [2.45, 2.75) is 18.9 Å². The van der Waals surface area contributed by atoms with Crippen LogP contribution in [0, 0.1) is 12.3 Å². The maximum atomic E-state index is 11.8. The predicted octanol–water partition coefficient (Wildman–Crippen LogP) is 0.439. The molecule has 0 spiro atoms. The largest absolute Gasteiger partial charge is 0.355 e. The van der Waals surface area contributed by atoms with E-state index >= 15 is 0 Å². The number of piperidine rings is 1. The third kappa shape index (κ3) is 3.43. The van der Waals surface area contributed by atoms with Crippen LogP contribution in [-0.2, 0) is 0 Å². The summed E-state index contributed by atoms with van der Waals surface area (Å²) in [4.78, 5) is 32.2. The summed E-state index contributed by atoms with van der Waals surface area (Å²) in [6, 6.07) is 3.83. The summed E-state index contributed by atoms with van der Waals surface area (Å²) in [6.07, 6.45) is 8.72. The summed E-state index contributed by atoms with van der Waals surface area (Å²) in [5.74, 6) is 2.97. The molecule has 7 nitrogen and oxygen atoms in total. The van der Waals surface area contributed by atoms with E-state index in [-0.39, 0.29) is 24.5 Å². The molecular weight excluding hydrogens is 306 g/mol. The Morgan fingerprint density at radius 2 is 2.33 bits per heavy atom. The SMILES string of the molecule is C#CCNC(=O)c1ccc(N2CCCC(N3CCNC3=O)C2)nc1. The lowest BCUT2D eigenvalue weighted by Crippen LogP contribution is -2.49. The van der Waals surface area contributed by atoms with E-state index in [1.165, 1.54) is 0 Å². The molecule has 7 heteroatoms. The van der Waals surface area contributed by atoms with Gasteiger partial charge in [0.2, 0.25) is 0 Å². The minimum atomic E-state index is -0.225. The van der Waals surface area contributed by atoms with Crippen molar-refractivity contribution in [1.82, 2.24) is 20.5 Å². The lowest BCUT2D eigenvalue weighted by molar-refractivity contribution is 0.0958. The second-order valence-corrected chi connectivity index (χ2v) is 5.96. The molecule has 2 aliphatic rings. The van der Waals surface area contributed by atoms with Crippen molar-refractivity contribution >= 4 is 17.8 Å². The lowest BCUT2D eigenvalue weighted by atomic mass is 10.0. The van der Waals surface area contributed by atoms with Crippen LogP contribution in [-0.4, -0.2) is 60.6 Å². The topological polar surface area (TPSA) is 77.6 Å². The highest BCUT2D eigenvalue weighted by Crippen LogP contribution is 2.22. The smallest absolute Gasteiger partial charge is 0.317 e. The van der Waals surface area contributed by atoms with Crippen LogP contribution in [0.25, 0.3) is 0 Å². The highest BCUT2D eigenvalue weighted by Gasteiger charge is 2.31. The summed E-state index contributed by atoms with van der Waals surface area (Å²) in [6.45, 7) is 3.35. The summed E-state index contributed by atoms with van der Waals surface area (Å²) < 4.78 is 0. The van der Waals surface area contributed by atoms with Gasteiger partial charge in [0.15, 0.2) is 0 Å². The molecule has 2 N–H and O–H groups in total. The van der Waals surface area contributed by atoms with Gasteiger partial charge in [-0.05, 0) is 25.0 Å². The van der Waals surface area contributed by atoms with E-state index in [0.29, 0.717) is 5.56 Å². The van der Waals surface area contributed by atoms with Crippen LogP contribution in [0.3, 0.4) is 0 Å². The third-order valence-corrected chi connectivity index (χ3v) is 4.41. The molecule has 24 heavy (non-hydrogen) atoms. The summed E-state index contributed by atoms with van der Waals surface area (Å²) in [7, 11) is 0. The molecule has 2 saturated heterocycles. The number of aromatic nitrogens is 1. The average molecular weight is 327 g/mol. The van der Waals surface area contributed by atoms with Gasteiger partial charge in [0.25, 0.3) is 5.91 Å². The fraction of sp³-hybridized carbons (Fsp3) is 0.471. The monoisotopic (exact) mass is 327 g/mol. The molecule has 1 atom stereocenters. The minimum Gasteiger partial charge on any atom is -0.355 e. The number of carbonyl (C=O) groups is 2. The maximum absolute atomic E-state index is 11.8. The fourth-order valence-corrected chi connectivity index (χ4v) is 3.19. The minimum absolute atomic E-state index is 0.0235. The van der Waals surface area contributed by atoms with Crippen molar-refractivity contribution in [3.63, 3.8) is 0 Å². The Balaban J connectivity index is 1.64. The second kappa shape index (κ2) is 7.21. The lowest BCUT2D eigenvalue weighted by Gasteiger charge is -2.37. The van der Waals surface area contributed by atoms with E-state index in [1.807, 2.05) is 11.0 Å². The van der Waals surface area contributed by atoms with Gasteiger partial charge in [0, 0.05) is 32.4 Å². The van der Waals surface area contributed by atoms with Gasteiger partial charge in [-0.15, -0.1) is 6.42 Å². The van der Waals surface area contributed by atoms with E-state index in [4.69, 9.17) is 6.42 Å². The van der Waals surface area contributed by atoms with Gasteiger partial charge in [-0.3, -0.25) is 4.79 Å². The number of terminal acetylenes is 1. The molecule has 1 aromatic rings. The van der Waals surface area contributed by atoms with Crippen LogP contribution in [0.4, 0.5) is 10.6 Å². The molecule has 1 unspecified atom stereocenters. The van der Waals surface area contributed by atoms with Crippen molar-refractivity contribution in [1.29, 1.82) is 0 Å². The number of pyridine rings is 1. The van der Waals surface area contributed by atoms with Gasteiger partial charge in [-0.25, -0.2) is 9.78 Å². The molecule has 126 valence electrons. The van der Waals surface area contributed by atoms with Gasteiger partial charge >= 0.3 is 6.03 Å². The van der Waals surface area contributed by atoms with Gasteiger partial charge in [-0.2, -0.15) is 0 Å². The second-order valence-electron chi connectivity index (χ2n) is 5.96. The van der Waals surface area contributed by atoms with E-state index < -0.39 is 0 Å². The average Bonchev–Trinajstić information content (AvgIpc) is 3.06. The normalized spacial score (nSPS) is 20.5. The summed E-state index contributed by atoms with van der Waals surface area (Å²) in [5.41, 5.74) is 0.487. The van der Waals surface area contributed by atoms with E-state index in [1.54, 1.807) is 12.3 Å². The number of carbonyl (C=O) groups excluding carboxylic acids is 2. The maximum Gasteiger partial charge on any atom is 0.317 e. The Hall–Kier alpha value is -2.75. The molecular formula is C17H21N5O2. The van der Waals surface area contributed by atoms with Crippen LogP contribution in [0.2, 0.25) is 0 Å². The van der Waals surface area contributed by atoms with Gasteiger partial charge in [-0.1, -0.05) is 5.92 Å². The Labute approximate surface area is 141 Å². The van der Waals surface area contributed by atoms with Crippen LogP contribution in [0.1, 0.15) is 23.2 Å². The van der Waals surface area contributed by atoms with E-state index in [9.17, 15) is 9.59 Å². The first-order valence-corrected chi connectivity index (χ1v) is 8.16. The summed E-state index contributed by atoms with van der Waals surface area (Å²) in [5, 5.41) is 5.47. The summed E-state index contributed by atoms with van der Waals surface area (Å²) >= 11 is 0. The van der Waals surface area contributed by atoms with Gasteiger partial charge in [0.05, 0.1) is 18.2 Å².